The molecule has 1 fully saturated rings. The number of nitrogens with zero attached hydrogens (tertiary/aromatic N) is 1. The Bertz CT molecular complexity index is 901. The third-order valence-corrected chi connectivity index (χ3v) is 5.40. The number of nitrogens with one attached hydrogen (secondary N) is 2. The van der Waals surface area contributed by atoms with E-state index in [2.05, 4.69) is 10.6 Å². The molecule has 0 aliphatic carbocycles. The topological polar surface area (TPSA) is 98.7 Å². The number of anilines is 2. The number of carbonyl (C=O) groups excluding carboxylic acids is 3. The number of hydrogen-bond acceptors (Lipinski definition) is 5. The van der Waals surface area contributed by atoms with E-state index in [0.29, 0.717) is 29.9 Å². The summed E-state index contributed by atoms with van der Waals surface area (Å²) in [6.45, 7) is 0.569. The molecule has 7 nitrogen and oxygen atoms in total. The molecule has 0 saturated carbocycles. The van der Waals surface area contributed by atoms with Crippen molar-refractivity contribution >= 4 is 40.9 Å². The first-order valence-electron chi connectivity index (χ1n) is 9.29. The van der Waals surface area contributed by atoms with Crippen LogP contribution in [-0.2, 0) is 14.4 Å². The second-order valence-corrected chi connectivity index (χ2v) is 7.53. The van der Waals surface area contributed by atoms with Crippen molar-refractivity contribution in [3.8, 4) is 0 Å². The van der Waals surface area contributed by atoms with E-state index in [0.717, 1.165) is 11.3 Å². The number of carbonyl (C=O) groups is 3. The van der Waals surface area contributed by atoms with Crippen molar-refractivity contribution in [3.63, 3.8) is 0 Å². The molecule has 2 aromatic carbocycles. The maximum absolute atomic E-state index is 12.2. The van der Waals surface area contributed by atoms with Crippen molar-refractivity contribution in [2.75, 3.05) is 29.6 Å². The average Bonchev–Trinajstić information content (AvgIpc) is 3.17. The van der Waals surface area contributed by atoms with Crippen molar-refractivity contribution in [2.24, 2.45) is 0 Å². The molecule has 1 aliphatic heterocycles. The van der Waals surface area contributed by atoms with Crippen LogP contribution < -0.4 is 15.5 Å². The Kier molecular flexibility index (Phi) is 6.90. The smallest absolute Gasteiger partial charge is 0.313 e. The maximum atomic E-state index is 12.2. The van der Waals surface area contributed by atoms with Gasteiger partial charge in [0.1, 0.15) is 0 Å². The maximum Gasteiger partial charge on any atom is 0.313 e. The number of amides is 3. The molecule has 0 aromatic heterocycles. The average molecular weight is 413 g/mol. The van der Waals surface area contributed by atoms with Crippen LogP contribution in [0, 0.1) is 0 Å². The Morgan fingerprint density at radius 1 is 1.17 bits per heavy atom. The molecular formula is C21H23N3O4S. The van der Waals surface area contributed by atoms with Gasteiger partial charge < -0.3 is 20.6 Å². The van der Waals surface area contributed by atoms with E-state index in [-0.39, 0.29) is 12.5 Å². The summed E-state index contributed by atoms with van der Waals surface area (Å²) in [6.07, 6.45) is 2.37. The molecule has 1 unspecified atom stereocenters. The van der Waals surface area contributed by atoms with Gasteiger partial charge in [0.25, 0.3) is 0 Å². The normalized spacial score (nSPS) is 14.6. The van der Waals surface area contributed by atoms with Gasteiger partial charge in [-0.3, -0.25) is 14.4 Å². The number of thioether (sulfide) groups is 1. The molecular weight excluding hydrogens is 390 g/mol. The zero-order chi connectivity index (χ0) is 20.8. The Labute approximate surface area is 173 Å². The number of benzene rings is 2. The van der Waals surface area contributed by atoms with Crippen LogP contribution in [0.2, 0.25) is 0 Å². The van der Waals surface area contributed by atoms with Crippen LogP contribution >= 0.6 is 11.8 Å². The summed E-state index contributed by atoms with van der Waals surface area (Å²) in [5.41, 5.74) is 1.77. The lowest BCUT2D eigenvalue weighted by atomic mass is 10.1. The molecule has 1 heterocycles. The minimum atomic E-state index is -0.910. The van der Waals surface area contributed by atoms with E-state index in [9.17, 15) is 19.5 Å². The first kappa shape index (κ1) is 20.9. The highest BCUT2D eigenvalue weighted by Gasteiger charge is 2.22. The van der Waals surface area contributed by atoms with Crippen molar-refractivity contribution in [1.29, 1.82) is 0 Å². The second kappa shape index (κ2) is 9.58. The lowest BCUT2D eigenvalue weighted by Crippen LogP contribution is -2.37. The van der Waals surface area contributed by atoms with E-state index in [1.54, 1.807) is 53.1 Å². The van der Waals surface area contributed by atoms with Gasteiger partial charge in [-0.2, -0.15) is 0 Å². The highest BCUT2D eigenvalue weighted by atomic mass is 32.2. The fourth-order valence-corrected chi connectivity index (χ4v) is 3.48. The zero-order valence-electron chi connectivity index (χ0n) is 16.1. The summed E-state index contributed by atoms with van der Waals surface area (Å²) >= 11 is 1.60. The van der Waals surface area contributed by atoms with Gasteiger partial charge in [0, 0.05) is 35.8 Å². The quantitative estimate of drug-likeness (QED) is 0.499. The molecule has 2 aromatic rings. The molecule has 1 aliphatic rings. The Morgan fingerprint density at radius 3 is 2.59 bits per heavy atom. The molecule has 0 radical (unpaired) electrons. The minimum Gasteiger partial charge on any atom is -0.387 e. The molecule has 8 heteroatoms. The largest absolute Gasteiger partial charge is 0.387 e. The predicted molar refractivity (Wildman–Crippen MR) is 113 cm³/mol. The van der Waals surface area contributed by atoms with Crippen LogP contribution in [0.5, 0.6) is 0 Å². The highest BCUT2D eigenvalue weighted by molar-refractivity contribution is 7.98. The van der Waals surface area contributed by atoms with Crippen LogP contribution in [0.3, 0.4) is 0 Å². The molecule has 1 atom stereocenters. The molecule has 29 heavy (non-hydrogen) atoms. The third kappa shape index (κ3) is 5.36. The monoisotopic (exact) mass is 413 g/mol. The molecule has 3 rings (SSSR count). The first-order chi connectivity index (χ1) is 14.0. The van der Waals surface area contributed by atoms with Gasteiger partial charge in [0.15, 0.2) is 0 Å². The fraction of sp³-hybridized carbons (Fsp3) is 0.286. The van der Waals surface area contributed by atoms with E-state index in [1.165, 1.54) is 0 Å². The summed E-state index contributed by atoms with van der Waals surface area (Å²) in [7, 11) is 0. The Balaban J connectivity index is 1.53. The van der Waals surface area contributed by atoms with Crippen LogP contribution in [0.25, 0.3) is 0 Å². The summed E-state index contributed by atoms with van der Waals surface area (Å²) in [5, 5.41) is 15.2. The van der Waals surface area contributed by atoms with Gasteiger partial charge >= 0.3 is 11.8 Å². The summed E-state index contributed by atoms with van der Waals surface area (Å²) in [6, 6.07) is 14.2. The highest BCUT2D eigenvalue weighted by Crippen LogP contribution is 2.24. The molecule has 0 spiro atoms. The van der Waals surface area contributed by atoms with Crippen molar-refractivity contribution in [2.45, 2.75) is 23.8 Å². The zero-order valence-corrected chi connectivity index (χ0v) is 16.9. The second-order valence-electron chi connectivity index (χ2n) is 6.65. The minimum absolute atomic E-state index is 0.0470. The lowest BCUT2D eigenvalue weighted by molar-refractivity contribution is -0.136. The van der Waals surface area contributed by atoms with Gasteiger partial charge in [-0.15, -0.1) is 11.8 Å². The van der Waals surface area contributed by atoms with Crippen LogP contribution in [0.4, 0.5) is 11.4 Å². The van der Waals surface area contributed by atoms with Crippen LogP contribution in [-0.4, -0.2) is 42.2 Å². The predicted octanol–water partition coefficient (Wildman–Crippen LogP) is 2.32. The van der Waals surface area contributed by atoms with E-state index < -0.39 is 17.9 Å². The van der Waals surface area contributed by atoms with Crippen LogP contribution in [0.1, 0.15) is 24.5 Å². The van der Waals surface area contributed by atoms with Gasteiger partial charge in [0.05, 0.1) is 6.10 Å². The lowest BCUT2D eigenvalue weighted by Gasteiger charge is -2.17. The van der Waals surface area contributed by atoms with Gasteiger partial charge in [-0.05, 0) is 48.6 Å². The Hall–Kier alpha value is -2.84. The molecule has 1 saturated heterocycles. The van der Waals surface area contributed by atoms with Gasteiger partial charge in [0.2, 0.25) is 5.91 Å². The number of aliphatic hydroxyl groups excluding tert-OH is 1. The van der Waals surface area contributed by atoms with Crippen molar-refractivity contribution < 1.29 is 19.5 Å². The first-order valence-corrected chi connectivity index (χ1v) is 10.5. The Morgan fingerprint density at radius 2 is 1.93 bits per heavy atom. The van der Waals surface area contributed by atoms with Crippen LogP contribution in [0.15, 0.2) is 53.4 Å². The van der Waals surface area contributed by atoms with E-state index >= 15 is 0 Å². The van der Waals surface area contributed by atoms with Crippen molar-refractivity contribution in [1.82, 2.24) is 5.32 Å². The fourth-order valence-electron chi connectivity index (χ4n) is 3.07. The van der Waals surface area contributed by atoms with Crippen molar-refractivity contribution in [3.05, 3.63) is 54.1 Å². The van der Waals surface area contributed by atoms with E-state index in [1.807, 2.05) is 18.4 Å². The standard InChI is InChI=1S/C21H23N3O4S/c1-29-17-9-7-14(8-10-17)18(25)13-22-20(27)21(28)23-15-4-2-5-16(12-15)24-11-3-6-19(24)26/h2,4-5,7-10,12,18,25H,3,6,11,13H2,1H3,(H,22,27)(H,23,28). The molecule has 152 valence electrons. The molecule has 3 amide bonds. The molecule has 3 N–H and O–H groups in total. The summed E-state index contributed by atoms with van der Waals surface area (Å²) < 4.78 is 0. The van der Waals surface area contributed by atoms with Gasteiger partial charge in [-0.1, -0.05) is 18.2 Å². The number of aliphatic hydroxyl groups is 1. The summed E-state index contributed by atoms with van der Waals surface area (Å²) in [4.78, 5) is 38.8. The third-order valence-electron chi connectivity index (χ3n) is 4.65. The SMILES string of the molecule is CSc1ccc(C(O)CNC(=O)C(=O)Nc2cccc(N3CCCC3=O)c2)cc1. The molecule has 0 bridgehead atoms. The number of hydrogen-bond donors (Lipinski definition) is 3. The number of rotatable bonds is 6. The van der Waals surface area contributed by atoms with Gasteiger partial charge in [-0.25, -0.2) is 0 Å². The summed E-state index contributed by atoms with van der Waals surface area (Å²) in [5.74, 6) is -1.63. The van der Waals surface area contributed by atoms with E-state index in [4.69, 9.17) is 0 Å².